The van der Waals surface area contributed by atoms with Gasteiger partial charge < -0.3 is 41.1 Å². The van der Waals surface area contributed by atoms with Gasteiger partial charge in [-0.25, -0.2) is 0 Å². The molecule has 18 nitrogen and oxygen atoms in total. The van der Waals surface area contributed by atoms with Gasteiger partial charge in [0.2, 0.25) is 11.6 Å². The van der Waals surface area contributed by atoms with E-state index in [1.807, 2.05) is 90.1 Å². The monoisotopic (exact) mass is 1000 g/mol. The van der Waals surface area contributed by atoms with E-state index in [-0.39, 0.29) is 58.2 Å². The Hall–Kier alpha value is -6.86. The lowest BCUT2D eigenvalue weighted by atomic mass is 9.98. The van der Waals surface area contributed by atoms with E-state index in [4.69, 9.17) is 10.5 Å². The van der Waals surface area contributed by atoms with Crippen LogP contribution in [0.15, 0.2) is 72.8 Å². The summed E-state index contributed by atoms with van der Waals surface area (Å²) < 4.78 is 8.61. The number of aromatic hydroxyl groups is 4. The van der Waals surface area contributed by atoms with Crippen LogP contribution >= 0.6 is 0 Å². The number of morpholine rings is 1. The summed E-state index contributed by atoms with van der Waals surface area (Å²) in [6.07, 6.45) is 3.35. The second kappa shape index (κ2) is 26.2. The summed E-state index contributed by atoms with van der Waals surface area (Å²) >= 11 is 0. The van der Waals surface area contributed by atoms with Gasteiger partial charge in [-0.1, -0.05) is 79.7 Å². The molecule has 392 valence electrons. The van der Waals surface area contributed by atoms with Crippen LogP contribution in [-0.4, -0.2) is 142 Å². The molecule has 2 amide bonds. The van der Waals surface area contributed by atoms with Crippen LogP contribution in [0.1, 0.15) is 130 Å². The highest BCUT2D eigenvalue weighted by atomic mass is 16.5. The molecule has 2 aromatic heterocycles. The maximum Gasteiger partial charge on any atom is 0.289 e. The Labute approximate surface area is 429 Å². The highest BCUT2D eigenvalue weighted by molar-refractivity contribution is 5.92. The van der Waals surface area contributed by atoms with Crippen molar-refractivity contribution in [2.24, 2.45) is 5.73 Å². The Balaban J connectivity index is 0.000000234. The first-order valence-electron chi connectivity index (χ1n) is 25.7. The zero-order valence-electron chi connectivity index (χ0n) is 43.8. The van der Waals surface area contributed by atoms with E-state index < -0.39 is 5.91 Å². The molecule has 0 bridgehead atoms. The summed E-state index contributed by atoms with van der Waals surface area (Å²) in [6, 6.07) is 21.7. The summed E-state index contributed by atoms with van der Waals surface area (Å²) in [5.41, 5.74) is 11.3. The first-order chi connectivity index (χ1) is 35.2. The van der Waals surface area contributed by atoms with Gasteiger partial charge in [0.15, 0.2) is 11.6 Å². The highest BCUT2D eigenvalue weighted by Gasteiger charge is 2.26. The van der Waals surface area contributed by atoms with E-state index >= 15 is 0 Å². The van der Waals surface area contributed by atoms with Gasteiger partial charge in [-0.2, -0.15) is 0 Å². The molecule has 2 fully saturated rings. The Bertz CT molecular complexity index is 2740. The molecule has 0 spiro atoms. The number of carbonyl (C=O) groups is 2. The average Bonchev–Trinajstić information content (AvgIpc) is 4.18. The van der Waals surface area contributed by atoms with Crippen molar-refractivity contribution in [2.45, 2.75) is 99.6 Å². The minimum absolute atomic E-state index is 0.00472. The predicted molar refractivity (Wildman–Crippen MR) is 284 cm³/mol. The van der Waals surface area contributed by atoms with Crippen LogP contribution in [0, 0.1) is 0 Å². The van der Waals surface area contributed by atoms with Crippen molar-refractivity contribution in [1.82, 2.24) is 49.5 Å². The van der Waals surface area contributed by atoms with Gasteiger partial charge in [-0.05, 0) is 122 Å². The quantitative estimate of drug-likeness (QED) is 0.0449. The first kappa shape index (κ1) is 55.5. The van der Waals surface area contributed by atoms with Crippen molar-refractivity contribution in [3.05, 3.63) is 107 Å². The van der Waals surface area contributed by atoms with E-state index in [9.17, 15) is 30.0 Å². The fourth-order valence-corrected chi connectivity index (χ4v) is 9.00. The fraction of sp³-hybridized carbons (Fsp3) is 0.455. The van der Waals surface area contributed by atoms with Gasteiger partial charge in [-0.15, -0.1) is 20.4 Å². The van der Waals surface area contributed by atoms with Crippen LogP contribution in [0.25, 0.3) is 34.2 Å². The molecule has 2 saturated heterocycles. The SMILES string of the molecule is CC.CC(C)c1cc(-c2nnc(C(N)=O)n2-c2ccc(CN3CCOCC3)cc2)c(O)cc1O.CCN(CC)Cc1ccc(-n2c(C(=O)NCCCN3CCCC3)nnc2-c2cc(C(C)C)c(O)cc2O)cc1. The summed E-state index contributed by atoms with van der Waals surface area (Å²) in [6.45, 7) is 26.7. The smallest absolute Gasteiger partial charge is 0.289 e. The largest absolute Gasteiger partial charge is 0.508 e. The highest BCUT2D eigenvalue weighted by Crippen LogP contribution is 2.40. The van der Waals surface area contributed by atoms with Crippen LogP contribution in [0.4, 0.5) is 0 Å². The van der Waals surface area contributed by atoms with Gasteiger partial charge in [0.05, 0.1) is 24.3 Å². The Morgan fingerprint density at radius 2 is 1.14 bits per heavy atom. The molecule has 0 radical (unpaired) electrons. The molecule has 4 aromatic carbocycles. The Kier molecular flexibility index (Phi) is 19.9. The molecule has 2 aliphatic rings. The number of primary amides is 1. The number of aromatic nitrogens is 6. The molecule has 7 N–H and O–H groups in total. The number of phenolic OH excluding ortho intramolecular Hbond substituents is 4. The van der Waals surface area contributed by atoms with E-state index in [1.165, 1.54) is 35.1 Å². The van der Waals surface area contributed by atoms with Crippen LogP contribution in [0.2, 0.25) is 0 Å². The molecule has 8 rings (SSSR count). The van der Waals surface area contributed by atoms with Gasteiger partial charge in [0.25, 0.3) is 11.8 Å². The zero-order chi connectivity index (χ0) is 52.8. The first-order valence-corrected chi connectivity index (χ1v) is 25.7. The van der Waals surface area contributed by atoms with Crippen molar-refractivity contribution < 1.29 is 34.8 Å². The molecule has 0 aliphatic carbocycles. The number of hydrogen-bond acceptors (Lipinski definition) is 14. The summed E-state index contributed by atoms with van der Waals surface area (Å²) in [5, 5.41) is 61.6. The molecule has 0 saturated carbocycles. The van der Waals surface area contributed by atoms with E-state index in [2.05, 4.69) is 54.3 Å². The number of carbonyl (C=O) groups excluding carboxylic acids is 2. The summed E-state index contributed by atoms with van der Waals surface area (Å²) in [5.74, 6) is -0.564. The third-order valence-corrected chi connectivity index (χ3v) is 13.1. The summed E-state index contributed by atoms with van der Waals surface area (Å²) in [4.78, 5) is 32.5. The van der Waals surface area contributed by atoms with Crippen molar-refractivity contribution in [1.29, 1.82) is 0 Å². The van der Waals surface area contributed by atoms with Crippen molar-refractivity contribution in [3.8, 4) is 57.1 Å². The minimum atomic E-state index is -0.733. The molecule has 2 aliphatic heterocycles. The van der Waals surface area contributed by atoms with Crippen LogP contribution < -0.4 is 11.1 Å². The minimum Gasteiger partial charge on any atom is -0.508 e. The number of nitrogens with zero attached hydrogens (tertiary/aromatic N) is 9. The van der Waals surface area contributed by atoms with Crippen molar-refractivity contribution in [3.63, 3.8) is 0 Å². The second-order valence-electron chi connectivity index (χ2n) is 18.7. The van der Waals surface area contributed by atoms with Crippen LogP contribution in [0.3, 0.4) is 0 Å². The molecule has 0 unspecified atom stereocenters. The number of nitrogens with one attached hydrogen (secondary N) is 1. The maximum absolute atomic E-state index is 13.3. The third kappa shape index (κ3) is 13.8. The zero-order valence-corrected chi connectivity index (χ0v) is 43.8. The Morgan fingerprint density at radius 3 is 1.62 bits per heavy atom. The molecule has 0 atom stereocenters. The number of ether oxygens (including phenoxy) is 1. The number of benzene rings is 4. The van der Waals surface area contributed by atoms with Gasteiger partial charge in [0, 0.05) is 56.2 Å². The topological polar surface area (TPSA) is 233 Å². The summed E-state index contributed by atoms with van der Waals surface area (Å²) in [7, 11) is 0. The van der Waals surface area contributed by atoms with Crippen LogP contribution in [-0.2, 0) is 17.8 Å². The number of amides is 2. The number of phenols is 4. The molecule has 18 heteroatoms. The standard InChI is InChI=1S/C30H42N6O3.C23H27N5O4.C2H6/c1-5-34(6-2)20-22-10-12-23(13-11-22)36-28(25-18-24(21(3)4)26(37)19-27(25)38)32-33-29(36)30(39)31-14-9-17-35-15-7-8-16-35;1-14(2)17-11-18(20(30)12-19(17)29)22-25-26-23(21(24)31)28(22)16-5-3-15(4-6-16)13-27-7-9-32-10-8-27;1-2/h10-13,18-19,21,37-38H,5-9,14-17,20H2,1-4H3,(H,31,39);3-6,11-12,14,29-30H,7-10,13H2,1-2H3,(H2,24,31);1-2H3. The molecule has 6 aromatic rings. The third-order valence-electron chi connectivity index (χ3n) is 13.1. The van der Waals surface area contributed by atoms with Gasteiger partial charge in [-0.3, -0.25) is 28.5 Å². The Morgan fingerprint density at radius 1 is 0.658 bits per heavy atom. The number of nitrogens with two attached hydrogens (primary N) is 1. The second-order valence-corrected chi connectivity index (χ2v) is 18.7. The molecule has 73 heavy (non-hydrogen) atoms. The van der Waals surface area contributed by atoms with Gasteiger partial charge in [0.1, 0.15) is 23.0 Å². The normalized spacial score (nSPS) is 14.0. The van der Waals surface area contributed by atoms with E-state index in [0.29, 0.717) is 40.3 Å². The van der Waals surface area contributed by atoms with E-state index in [1.54, 1.807) is 16.7 Å². The number of likely N-dealkylation sites (tertiary alicyclic amines) is 1. The number of rotatable bonds is 18. The lowest BCUT2D eigenvalue weighted by molar-refractivity contribution is 0.0342. The van der Waals surface area contributed by atoms with Crippen LogP contribution in [0.5, 0.6) is 23.0 Å². The molecular formula is C55H75N11O7. The van der Waals surface area contributed by atoms with E-state index in [0.717, 1.165) is 89.8 Å². The maximum atomic E-state index is 13.3. The molecule has 4 heterocycles. The predicted octanol–water partition coefficient (Wildman–Crippen LogP) is 7.95. The lowest BCUT2D eigenvalue weighted by Crippen LogP contribution is -2.35. The number of hydrogen-bond donors (Lipinski definition) is 6. The van der Waals surface area contributed by atoms with Crippen molar-refractivity contribution in [2.75, 3.05) is 65.6 Å². The van der Waals surface area contributed by atoms with Gasteiger partial charge >= 0.3 is 0 Å². The fourth-order valence-electron chi connectivity index (χ4n) is 9.00. The van der Waals surface area contributed by atoms with Crippen molar-refractivity contribution >= 4 is 11.8 Å². The lowest BCUT2D eigenvalue weighted by Gasteiger charge is -2.26. The average molecular weight is 1000 g/mol. The molecular weight excluding hydrogens is 927 g/mol.